The number of carbonyl (C=O) groups excluding carboxylic acids is 3. The number of nitrogens with zero attached hydrogens (tertiary/aromatic N) is 5. The van der Waals surface area contributed by atoms with Crippen molar-refractivity contribution < 1.29 is 14.4 Å². The van der Waals surface area contributed by atoms with Crippen molar-refractivity contribution in [3.05, 3.63) is 66.2 Å². The van der Waals surface area contributed by atoms with Crippen LogP contribution in [-0.2, 0) is 11.3 Å². The van der Waals surface area contributed by atoms with Gasteiger partial charge in [-0.3, -0.25) is 19.4 Å². The molecule has 2 N–H and O–H groups in total. The number of amides is 3. The van der Waals surface area contributed by atoms with Crippen LogP contribution in [0, 0.1) is 0 Å². The number of anilines is 2. The molecule has 3 amide bonds. The highest BCUT2D eigenvalue weighted by atomic mass is 16.2. The summed E-state index contributed by atoms with van der Waals surface area (Å²) in [5, 5.41) is 13.0. The van der Waals surface area contributed by atoms with Gasteiger partial charge < -0.3 is 15.5 Å². The Labute approximate surface area is 166 Å². The lowest BCUT2D eigenvalue weighted by Gasteiger charge is -2.09. The molecule has 0 aliphatic heterocycles. The van der Waals surface area contributed by atoms with Gasteiger partial charge in [-0.25, -0.2) is 4.68 Å². The maximum atomic E-state index is 12.4. The third-order valence-electron chi connectivity index (χ3n) is 3.89. The first-order valence-electron chi connectivity index (χ1n) is 8.65. The first-order chi connectivity index (χ1) is 13.9. The van der Waals surface area contributed by atoms with Crippen LogP contribution < -0.4 is 10.6 Å². The summed E-state index contributed by atoms with van der Waals surface area (Å²) in [6.45, 7) is -0.0101. The van der Waals surface area contributed by atoms with E-state index in [1.165, 1.54) is 28.2 Å². The molecule has 1 aromatic carbocycles. The predicted octanol–water partition coefficient (Wildman–Crippen LogP) is 1.27. The third-order valence-corrected chi connectivity index (χ3v) is 3.89. The van der Waals surface area contributed by atoms with E-state index >= 15 is 0 Å². The van der Waals surface area contributed by atoms with Crippen LogP contribution in [0.3, 0.4) is 0 Å². The maximum absolute atomic E-state index is 12.4. The fourth-order valence-corrected chi connectivity index (χ4v) is 2.34. The number of aromatic nitrogens is 4. The Hall–Kier alpha value is -4.08. The predicted molar refractivity (Wildman–Crippen MR) is 105 cm³/mol. The fourth-order valence-electron chi connectivity index (χ4n) is 2.34. The van der Waals surface area contributed by atoms with E-state index in [0.29, 0.717) is 16.9 Å². The number of benzene rings is 1. The van der Waals surface area contributed by atoms with Gasteiger partial charge in [0.25, 0.3) is 11.8 Å². The summed E-state index contributed by atoms with van der Waals surface area (Å²) >= 11 is 0. The standard InChI is InChI=1S/C19H19N7O3/c1-25(2)17(27)12-26-11-16(23-24-26)19(29)22-15-5-3-4-14(10-15)21-18(28)13-6-8-20-9-7-13/h3-11H,12H2,1-2H3,(H,21,28)(H,22,29). The fraction of sp³-hybridized carbons (Fsp3) is 0.158. The molecule has 0 fully saturated rings. The zero-order valence-corrected chi connectivity index (χ0v) is 15.9. The van der Waals surface area contributed by atoms with Gasteiger partial charge >= 0.3 is 0 Å². The van der Waals surface area contributed by atoms with Crippen LogP contribution in [0.25, 0.3) is 0 Å². The molecule has 0 unspecified atom stereocenters. The molecule has 3 aromatic rings. The Bertz CT molecular complexity index is 1030. The summed E-state index contributed by atoms with van der Waals surface area (Å²) in [4.78, 5) is 41.6. The smallest absolute Gasteiger partial charge is 0.277 e. The molecule has 10 nitrogen and oxygen atoms in total. The van der Waals surface area contributed by atoms with Crippen LogP contribution in [0.4, 0.5) is 11.4 Å². The normalized spacial score (nSPS) is 10.3. The van der Waals surface area contributed by atoms with E-state index in [0.717, 1.165) is 0 Å². The summed E-state index contributed by atoms with van der Waals surface area (Å²) in [6, 6.07) is 9.91. The van der Waals surface area contributed by atoms with Crippen LogP contribution in [0.15, 0.2) is 55.0 Å². The molecule has 0 spiro atoms. The van der Waals surface area contributed by atoms with Crippen molar-refractivity contribution >= 4 is 29.1 Å². The second-order valence-electron chi connectivity index (χ2n) is 6.31. The topological polar surface area (TPSA) is 122 Å². The molecular weight excluding hydrogens is 374 g/mol. The van der Waals surface area contributed by atoms with E-state index in [1.54, 1.807) is 50.5 Å². The molecule has 0 saturated carbocycles. The minimum absolute atomic E-state index is 0.0101. The van der Waals surface area contributed by atoms with Crippen LogP contribution in [0.5, 0.6) is 0 Å². The number of carbonyl (C=O) groups is 3. The van der Waals surface area contributed by atoms with Crippen molar-refractivity contribution in [2.75, 3.05) is 24.7 Å². The lowest BCUT2D eigenvalue weighted by molar-refractivity contribution is -0.129. The van der Waals surface area contributed by atoms with Crippen LogP contribution in [0.2, 0.25) is 0 Å². The molecule has 0 saturated heterocycles. The largest absolute Gasteiger partial charge is 0.347 e. The van der Waals surface area contributed by atoms with E-state index in [9.17, 15) is 14.4 Å². The number of nitrogens with one attached hydrogen (secondary N) is 2. The average molecular weight is 393 g/mol. The molecular formula is C19H19N7O3. The molecule has 29 heavy (non-hydrogen) atoms. The Morgan fingerprint density at radius 1 is 1.00 bits per heavy atom. The molecule has 2 aromatic heterocycles. The number of hydrogen-bond donors (Lipinski definition) is 2. The van der Waals surface area contributed by atoms with Crippen molar-refractivity contribution in [2.45, 2.75) is 6.54 Å². The maximum Gasteiger partial charge on any atom is 0.277 e. The van der Waals surface area contributed by atoms with E-state index in [4.69, 9.17) is 0 Å². The van der Waals surface area contributed by atoms with Gasteiger partial charge in [0.2, 0.25) is 5.91 Å². The first-order valence-corrected chi connectivity index (χ1v) is 8.65. The third kappa shape index (κ3) is 5.22. The highest BCUT2D eigenvalue weighted by Gasteiger charge is 2.14. The van der Waals surface area contributed by atoms with Gasteiger partial charge in [0.05, 0.1) is 6.20 Å². The van der Waals surface area contributed by atoms with Gasteiger partial charge in [0.1, 0.15) is 6.54 Å². The molecule has 3 rings (SSSR count). The first kappa shape index (κ1) is 19.7. The van der Waals surface area contributed by atoms with Gasteiger partial charge in [-0.1, -0.05) is 11.3 Å². The Kier molecular flexibility index (Phi) is 5.93. The van der Waals surface area contributed by atoms with E-state index in [2.05, 4.69) is 25.9 Å². The van der Waals surface area contributed by atoms with Crippen molar-refractivity contribution in [3.8, 4) is 0 Å². The molecule has 0 aliphatic rings. The lowest BCUT2D eigenvalue weighted by Crippen LogP contribution is -2.26. The van der Waals surface area contributed by atoms with Crippen molar-refractivity contribution in [3.63, 3.8) is 0 Å². The molecule has 148 valence electrons. The number of hydrogen-bond acceptors (Lipinski definition) is 6. The Balaban J connectivity index is 1.64. The average Bonchev–Trinajstić information content (AvgIpc) is 3.17. The van der Waals surface area contributed by atoms with Gasteiger partial charge in [0, 0.05) is 43.4 Å². The second-order valence-corrected chi connectivity index (χ2v) is 6.31. The molecule has 2 heterocycles. The van der Waals surface area contributed by atoms with E-state index < -0.39 is 5.91 Å². The number of likely N-dealkylation sites (N-methyl/N-ethyl adjacent to an activating group) is 1. The Morgan fingerprint density at radius 2 is 1.66 bits per heavy atom. The van der Waals surface area contributed by atoms with Gasteiger partial charge in [-0.05, 0) is 30.3 Å². The van der Waals surface area contributed by atoms with Crippen molar-refractivity contribution in [2.24, 2.45) is 0 Å². The van der Waals surface area contributed by atoms with Crippen LogP contribution in [0.1, 0.15) is 20.8 Å². The lowest BCUT2D eigenvalue weighted by atomic mass is 10.2. The summed E-state index contributed by atoms with van der Waals surface area (Å²) in [6.07, 6.45) is 4.46. The zero-order chi connectivity index (χ0) is 20.8. The van der Waals surface area contributed by atoms with Crippen LogP contribution in [-0.4, -0.2) is 56.7 Å². The van der Waals surface area contributed by atoms with E-state index in [-0.39, 0.29) is 24.1 Å². The van der Waals surface area contributed by atoms with Gasteiger partial charge in [0.15, 0.2) is 5.69 Å². The Morgan fingerprint density at radius 3 is 2.31 bits per heavy atom. The van der Waals surface area contributed by atoms with Crippen molar-refractivity contribution in [1.29, 1.82) is 0 Å². The zero-order valence-electron chi connectivity index (χ0n) is 15.9. The van der Waals surface area contributed by atoms with Gasteiger partial charge in [-0.15, -0.1) is 5.10 Å². The van der Waals surface area contributed by atoms with Gasteiger partial charge in [-0.2, -0.15) is 0 Å². The number of pyridine rings is 1. The molecule has 10 heteroatoms. The van der Waals surface area contributed by atoms with E-state index in [1.807, 2.05) is 0 Å². The minimum Gasteiger partial charge on any atom is -0.347 e. The number of rotatable bonds is 6. The molecule has 0 radical (unpaired) electrons. The van der Waals surface area contributed by atoms with Crippen LogP contribution >= 0.6 is 0 Å². The molecule has 0 bridgehead atoms. The second kappa shape index (κ2) is 8.74. The highest BCUT2D eigenvalue weighted by Crippen LogP contribution is 2.16. The summed E-state index contributed by atoms with van der Waals surface area (Å²) in [5.74, 6) is -0.935. The van der Waals surface area contributed by atoms with Crippen molar-refractivity contribution in [1.82, 2.24) is 24.9 Å². The SMILES string of the molecule is CN(C)C(=O)Cn1cc(C(=O)Nc2cccc(NC(=O)c3ccncc3)c2)nn1. The summed E-state index contributed by atoms with van der Waals surface area (Å²) in [7, 11) is 3.26. The minimum atomic E-state index is -0.480. The molecule has 0 atom stereocenters. The molecule has 0 aliphatic carbocycles. The highest BCUT2D eigenvalue weighted by molar-refractivity contribution is 6.05. The monoisotopic (exact) mass is 393 g/mol. The summed E-state index contributed by atoms with van der Waals surface area (Å²) < 4.78 is 1.29. The summed E-state index contributed by atoms with van der Waals surface area (Å²) in [5.41, 5.74) is 1.53. The quantitative estimate of drug-likeness (QED) is 0.650.